The lowest BCUT2D eigenvalue weighted by atomic mass is 11.2. The minimum Gasteiger partial charge on any atom is -0.313 e. The maximum absolute atomic E-state index is 9.51. The summed E-state index contributed by atoms with van der Waals surface area (Å²) in [5.41, 5.74) is 7.64. The van der Waals surface area contributed by atoms with E-state index in [0.29, 0.717) is 0 Å². The van der Waals surface area contributed by atoms with Crippen molar-refractivity contribution in [1.82, 2.24) is 0 Å². The van der Waals surface area contributed by atoms with Gasteiger partial charge >= 0.3 is 6.73 Å². The Morgan fingerprint density at radius 3 is 3.00 bits per heavy atom. The van der Waals surface area contributed by atoms with Crippen molar-refractivity contribution in [3.05, 3.63) is 20.6 Å². The number of nitrogens with zero attached hydrogens (tertiary/aromatic N) is 4. The van der Waals surface area contributed by atoms with Crippen LogP contribution in [0, 0.1) is 10.1 Å². The van der Waals surface area contributed by atoms with Gasteiger partial charge in [-0.05, 0) is 5.53 Å². The zero-order valence-electron chi connectivity index (χ0n) is 4.43. The van der Waals surface area contributed by atoms with Crippen LogP contribution in [0.3, 0.4) is 0 Å². The Kier molecular flexibility index (Phi) is 4.11. The Labute approximate surface area is 50.0 Å². The Balaban J connectivity index is 3.10. The van der Waals surface area contributed by atoms with Gasteiger partial charge in [-0.1, -0.05) is 5.11 Å². The molecule has 50 valence electrons. The molecule has 0 aromatic heterocycles. The molecule has 0 saturated heterocycles. The highest BCUT2D eigenvalue weighted by Gasteiger charge is 1.91. The molecule has 0 fully saturated rings. The summed E-state index contributed by atoms with van der Waals surface area (Å²) in [6, 6.07) is 0. The van der Waals surface area contributed by atoms with Crippen LogP contribution in [0.2, 0.25) is 0 Å². The van der Waals surface area contributed by atoms with Crippen LogP contribution in [0.5, 0.6) is 0 Å². The van der Waals surface area contributed by atoms with Crippen molar-refractivity contribution in [1.29, 1.82) is 0 Å². The topological polar surface area (TPSA) is 101 Å². The predicted molar refractivity (Wildman–Crippen MR) is 27.0 cm³/mol. The molecular formula is C2H4N4O3. The van der Waals surface area contributed by atoms with E-state index in [9.17, 15) is 10.1 Å². The van der Waals surface area contributed by atoms with Gasteiger partial charge in [-0.25, -0.2) is 0 Å². The molecule has 0 aliphatic heterocycles. The molecule has 7 nitrogen and oxygen atoms in total. The molecule has 0 atom stereocenters. The second-order valence-electron chi connectivity index (χ2n) is 1.03. The minimum absolute atomic E-state index is 0.294. The van der Waals surface area contributed by atoms with Crippen LogP contribution in [-0.2, 0) is 4.74 Å². The monoisotopic (exact) mass is 132 g/mol. The zero-order chi connectivity index (χ0) is 7.11. The molecule has 0 aliphatic carbocycles. The van der Waals surface area contributed by atoms with E-state index in [4.69, 9.17) is 5.53 Å². The first-order valence-electron chi connectivity index (χ1n) is 1.97. The summed E-state index contributed by atoms with van der Waals surface area (Å²) in [4.78, 5) is 11.2. The first kappa shape index (κ1) is 7.67. The van der Waals surface area contributed by atoms with Crippen molar-refractivity contribution in [2.24, 2.45) is 5.11 Å². The Morgan fingerprint density at radius 2 is 2.56 bits per heavy atom. The molecular weight excluding hydrogens is 128 g/mol. The van der Waals surface area contributed by atoms with Crippen LogP contribution >= 0.6 is 0 Å². The van der Waals surface area contributed by atoms with Crippen molar-refractivity contribution in [3.63, 3.8) is 0 Å². The Hall–Kier alpha value is -1.33. The maximum atomic E-state index is 9.51. The van der Waals surface area contributed by atoms with Crippen LogP contribution < -0.4 is 0 Å². The van der Waals surface area contributed by atoms with E-state index < -0.39 is 11.7 Å². The number of nitro groups is 1. The largest absolute Gasteiger partial charge is 0.313 e. The molecule has 0 bridgehead atoms. The lowest BCUT2D eigenvalue weighted by Gasteiger charge is -1.88. The maximum Gasteiger partial charge on any atom is 0.306 e. The van der Waals surface area contributed by atoms with Gasteiger partial charge < -0.3 is 4.74 Å². The normalized spacial score (nSPS) is 8.00. The highest BCUT2D eigenvalue weighted by Crippen LogP contribution is 1.76. The lowest BCUT2D eigenvalue weighted by Crippen LogP contribution is -2.04. The van der Waals surface area contributed by atoms with Gasteiger partial charge in [0.15, 0.2) is 0 Å². The summed E-state index contributed by atoms with van der Waals surface area (Å²) in [7, 11) is 0. The fourth-order valence-electron chi connectivity index (χ4n) is 0.182. The summed E-state index contributed by atoms with van der Waals surface area (Å²) in [5, 5.41) is 12.4. The third-order valence-corrected chi connectivity index (χ3v) is 0.409. The molecule has 0 amide bonds. The van der Waals surface area contributed by atoms with E-state index in [2.05, 4.69) is 14.8 Å². The number of rotatable bonds is 4. The Bertz CT molecular complexity index is 137. The second kappa shape index (κ2) is 4.82. The van der Waals surface area contributed by atoms with Crippen LogP contribution in [-0.4, -0.2) is 18.4 Å². The molecule has 0 unspecified atom stereocenters. The smallest absolute Gasteiger partial charge is 0.306 e. The van der Waals surface area contributed by atoms with Crippen LogP contribution in [0.1, 0.15) is 0 Å². The third kappa shape index (κ3) is 6.67. The van der Waals surface area contributed by atoms with Gasteiger partial charge in [0.05, 0.1) is 0 Å². The molecule has 0 heterocycles. The average Bonchev–Trinajstić information content (AvgIpc) is 1.80. The van der Waals surface area contributed by atoms with E-state index in [0.717, 1.165) is 0 Å². The molecule has 7 heteroatoms. The van der Waals surface area contributed by atoms with E-state index >= 15 is 0 Å². The number of hydrogen-bond donors (Lipinski definition) is 0. The fraction of sp³-hybridized carbons (Fsp3) is 1.00. The van der Waals surface area contributed by atoms with Crippen molar-refractivity contribution >= 4 is 0 Å². The molecule has 9 heavy (non-hydrogen) atoms. The summed E-state index contributed by atoms with van der Waals surface area (Å²) < 4.78 is 4.22. The Morgan fingerprint density at radius 1 is 1.89 bits per heavy atom. The molecule has 0 saturated carbocycles. The standard InChI is InChI=1S/C2H4N4O3/c3-5-4-1-9-2-6(7)8/h1-2H2. The first-order valence-corrected chi connectivity index (χ1v) is 1.97. The molecule has 0 rings (SSSR count). The van der Waals surface area contributed by atoms with E-state index in [1.54, 1.807) is 0 Å². The van der Waals surface area contributed by atoms with E-state index in [1.165, 1.54) is 0 Å². The summed E-state index contributed by atoms with van der Waals surface area (Å²) >= 11 is 0. The molecule has 0 radical (unpaired) electrons. The quantitative estimate of drug-likeness (QED) is 0.106. The van der Waals surface area contributed by atoms with Crippen molar-refractivity contribution in [3.8, 4) is 0 Å². The highest BCUT2D eigenvalue weighted by atomic mass is 16.7. The van der Waals surface area contributed by atoms with Gasteiger partial charge in [-0.2, -0.15) is 0 Å². The zero-order valence-corrected chi connectivity index (χ0v) is 4.43. The van der Waals surface area contributed by atoms with E-state index in [1.807, 2.05) is 0 Å². The second-order valence-corrected chi connectivity index (χ2v) is 1.03. The molecule has 0 spiro atoms. The fourth-order valence-corrected chi connectivity index (χ4v) is 0.182. The van der Waals surface area contributed by atoms with Gasteiger partial charge in [0.2, 0.25) is 0 Å². The summed E-state index contributed by atoms with van der Waals surface area (Å²) in [6.07, 6.45) is 0. The van der Waals surface area contributed by atoms with Crippen molar-refractivity contribution in [2.45, 2.75) is 0 Å². The van der Waals surface area contributed by atoms with Gasteiger partial charge in [0, 0.05) is 9.84 Å². The molecule has 0 aliphatic rings. The highest BCUT2D eigenvalue weighted by molar-refractivity contribution is 4.34. The SMILES string of the molecule is [N-]=[N+]=NCOC[N+](=O)[O-]. The van der Waals surface area contributed by atoms with Gasteiger partial charge in [-0.15, -0.1) is 0 Å². The van der Waals surface area contributed by atoms with Gasteiger partial charge in [0.25, 0.3) is 0 Å². The number of ether oxygens (including phenoxy) is 1. The number of azide groups is 1. The van der Waals surface area contributed by atoms with Crippen molar-refractivity contribution < 1.29 is 9.66 Å². The van der Waals surface area contributed by atoms with Gasteiger partial charge in [0.1, 0.15) is 6.73 Å². The minimum atomic E-state index is -0.660. The predicted octanol–water partition coefficient (Wildman–Crippen LogP) is 0.505. The number of hydrogen-bond acceptors (Lipinski definition) is 4. The summed E-state index contributed by atoms with van der Waals surface area (Å²) in [5.74, 6) is 0. The summed E-state index contributed by atoms with van der Waals surface area (Å²) in [6.45, 7) is -0.920. The van der Waals surface area contributed by atoms with Crippen LogP contribution in [0.15, 0.2) is 5.11 Å². The van der Waals surface area contributed by atoms with E-state index in [-0.39, 0.29) is 6.73 Å². The third-order valence-electron chi connectivity index (χ3n) is 0.409. The molecule has 0 aromatic rings. The van der Waals surface area contributed by atoms with Crippen LogP contribution in [0.4, 0.5) is 0 Å². The average molecular weight is 132 g/mol. The molecule has 0 aromatic carbocycles. The van der Waals surface area contributed by atoms with Gasteiger partial charge in [-0.3, -0.25) is 10.1 Å². The first-order chi connectivity index (χ1) is 4.27. The van der Waals surface area contributed by atoms with Crippen molar-refractivity contribution in [2.75, 3.05) is 13.5 Å². The van der Waals surface area contributed by atoms with Crippen LogP contribution in [0.25, 0.3) is 10.4 Å². The molecule has 0 N–H and O–H groups in total. The lowest BCUT2D eigenvalue weighted by molar-refractivity contribution is -0.526.